The molecular weight excluding hydrogens is 330 g/mol. The van der Waals surface area contributed by atoms with Gasteiger partial charge in [0.05, 0.1) is 4.90 Å². The summed E-state index contributed by atoms with van der Waals surface area (Å²) < 4.78 is 22.4. The van der Waals surface area contributed by atoms with Gasteiger partial charge >= 0.3 is 6.03 Å². The minimum Gasteiger partial charge on any atom is -0.308 e. The van der Waals surface area contributed by atoms with Crippen molar-refractivity contribution < 1.29 is 18.0 Å². The largest absolute Gasteiger partial charge is 0.326 e. The average Bonchev–Trinajstić information content (AvgIpc) is 2.54. The van der Waals surface area contributed by atoms with Gasteiger partial charge in [0.25, 0.3) is 0 Å². The average molecular weight is 347 g/mol. The number of hydrogen-bond acceptors (Lipinski definition) is 4. The zero-order valence-corrected chi connectivity index (χ0v) is 14.0. The Morgan fingerprint density at radius 3 is 2.00 bits per heavy atom. The number of nitrogens with one attached hydrogen (secondary N) is 1. The van der Waals surface area contributed by atoms with Gasteiger partial charge in [-0.3, -0.25) is 9.69 Å². The van der Waals surface area contributed by atoms with Gasteiger partial charge in [-0.15, -0.1) is 0 Å². The molecule has 2 amide bonds. The Bertz CT molecular complexity index is 859. The molecule has 2 rings (SSSR count). The lowest BCUT2D eigenvalue weighted by molar-refractivity contribution is 0.101. The maximum Gasteiger partial charge on any atom is 0.326 e. The highest BCUT2D eigenvalue weighted by atomic mass is 32.2. The zero-order valence-electron chi connectivity index (χ0n) is 13.2. The van der Waals surface area contributed by atoms with Crippen LogP contribution < -0.4 is 15.4 Å². The normalized spacial score (nSPS) is 11.0. The van der Waals surface area contributed by atoms with Crippen molar-refractivity contribution in [2.45, 2.75) is 11.8 Å². The van der Waals surface area contributed by atoms with Gasteiger partial charge in [0.2, 0.25) is 10.0 Å². The first-order chi connectivity index (χ1) is 11.2. The fourth-order valence-electron chi connectivity index (χ4n) is 1.97. The van der Waals surface area contributed by atoms with Gasteiger partial charge in [-0.25, -0.2) is 18.4 Å². The van der Waals surface area contributed by atoms with Crippen LogP contribution in [0.3, 0.4) is 0 Å². The van der Waals surface area contributed by atoms with E-state index in [0.717, 1.165) is 0 Å². The number of Topliss-reactive ketones (excluding diaryl/α,β-unsaturated/α-hetero) is 1. The number of hydrogen-bond donors (Lipinski definition) is 2. The lowest BCUT2D eigenvalue weighted by atomic mass is 10.1. The van der Waals surface area contributed by atoms with E-state index in [1.165, 1.54) is 36.1 Å². The topological polar surface area (TPSA) is 110 Å². The third-order valence-electron chi connectivity index (χ3n) is 3.40. The van der Waals surface area contributed by atoms with Crippen molar-refractivity contribution >= 4 is 33.2 Å². The summed E-state index contributed by atoms with van der Waals surface area (Å²) in [5.74, 6) is -0.0522. The van der Waals surface area contributed by atoms with Crippen LogP contribution in [0.15, 0.2) is 53.4 Å². The third-order valence-corrected chi connectivity index (χ3v) is 4.33. The predicted octanol–water partition coefficient (Wildman–Crippen LogP) is 2.20. The van der Waals surface area contributed by atoms with Crippen LogP contribution in [0.25, 0.3) is 0 Å². The van der Waals surface area contributed by atoms with E-state index in [0.29, 0.717) is 16.9 Å². The smallest absolute Gasteiger partial charge is 0.308 e. The summed E-state index contributed by atoms with van der Waals surface area (Å²) in [6.45, 7) is 1.47. The summed E-state index contributed by atoms with van der Waals surface area (Å²) in [5, 5.41) is 7.66. The fraction of sp³-hybridized carbons (Fsp3) is 0.125. The molecule has 0 aliphatic carbocycles. The second kappa shape index (κ2) is 6.81. The van der Waals surface area contributed by atoms with Crippen LogP contribution >= 0.6 is 0 Å². The molecule has 0 saturated carbocycles. The molecule has 126 valence electrons. The number of amides is 2. The molecule has 8 heteroatoms. The summed E-state index contributed by atoms with van der Waals surface area (Å²) in [6, 6.07) is 11.7. The van der Waals surface area contributed by atoms with Crippen molar-refractivity contribution in [1.29, 1.82) is 0 Å². The maximum absolute atomic E-state index is 12.2. The Morgan fingerprint density at radius 2 is 1.54 bits per heavy atom. The van der Waals surface area contributed by atoms with Crippen LogP contribution in [0.4, 0.5) is 16.2 Å². The predicted molar refractivity (Wildman–Crippen MR) is 91.7 cm³/mol. The van der Waals surface area contributed by atoms with E-state index in [2.05, 4.69) is 5.32 Å². The molecule has 0 bridgehead atoms. The number of carbonyl (C=O) groups is 2. The molecule has 3 N–H and O–H groups in total. The van der Waals surface area contributed by atoms with Gasteiger partial charge in [-0.1, -0.05) is 0 Å². The second-order valence-corrected chi connectivity index (χ2v) is 6.72. The molecule has 0 atom stereocenters. The van der Waals surface area contributed by atoms with Gasteiger partial charge in [-0.05, 0) is 55.5 Å². The molecule has 7 nitrogen and oxygen atoms in total. The van der Waals surface area contributed by atoms with Gasteiger partial charge in [0, 0.05) is 24.0 Å². The number of anilines is 2. The van der Waals surface area contributed by atoms with E-state index in [1.54, 1.807) is 31.3 Å². The Hall–Kier alpha value is -2.71. The van der Waals surface area contributed by atoms with Crippen molar-refractivity contribution in [1.82, 2.24) is 0 Å². The van der Waals surface area contributed by atoms with Gasteiger partial charge in [0.15, 0.2) is 5.78 Å². The van der Waals surface area contributed by atoms with E-state index < -0.39 is 16.1 Å². The van der Waals surface area contributed by atoms with Crippen LogP contribution in [0.1, 0.15) is 17.3 Å². The van der Waals surface area contributed by atoms with Gasteiger partial charge in [-0.2, -0.15) is 0 Å². The minimum atomic E-state index is -3.77. The summed E-state index contributed by atoms with van der Waals surface area (Å²) in [6.07, 6.45) is 0. The SMILES string of the molecule is CC(=O)c1ccc(N(C)C(=O)Nc2ccc(S(N)(=O)=O)cc2)cc1. The molecule has 0 aliphatic rings. The number of urea groups is 1. The molecule has 0 aliphatic heterocycles. The van der Waals surface area contributed by atoms with E-state index >= 15 is 0 Å². The molecule has 2 aromatic rings. The van der Waals surface area contributed by atoms with Crippen molar-refractivity contribution in [3.63, 3.8) is 0 Å². The Kier molecular flexibility index (Phi) is 5.01. The molecule has 0 heterocycles. The zero-order chi connectivity index (χ0) is 17.9. The molecule has 0 spiro atoms. The number of nitrogens with zero attached hydrogens (tertiary/aromatic N) is 1. The number of carbonyl (C=O) groups excluding carboxylic acids is 2. The number of rotatable bonds is 4. The highest BCUT2D eigenvalue weighted by molar-refractivity contribution is 7.89. The quantitative estimate of drug-likeness (QED) is 0.826. The standard InChI is InChI=1S/C16H17N3O4S/c1-11(20)12-3-7-14(8-4-12)19(2)16(21)18-13-5-9-15(10-6-13)24(17,22)23/h3-10H,1-2H3,(H,18,21)(H2,17,22,23). The second-order valence-electron chi connectivity index (χ2n) is 5.16. The van der Waals surface area contributed by atoms with Crippen LogP contribution in [0.5, 0.6) is 0 Å². The van der Waals surface area contributed by atoms with Gasteiger partial charge in [0.1, 0.15) is 0 Å². The molecule has 0 saturated heterocycles. The van der Waals surface area contributed by atoms with E-state index in [4.69, 9.17) is 5.14 Å². The van der Waals surface area contributed by atoms with E-state index in [9.17, 15) is 18.0 Å². The summed E-state index contributed by atoms with van der Waals surface area (Å²) in [7, 11) is -2.19. The van der Waals surface area contributed by atoms with Crippen molar-refractivity contribution in [3.8, 4) is 0 Å². The molecule has 24 heavy (non-hydrogen) atoms. The van der Waals surface area contributed by atoms with Crippen LogP contribution in [-0.2, 0) is 10.0 Å². The molecule has 0 radical (unpaired) electrons. The van der Waals surface area contributed by atoms with Crippen molar-refractivity contribution in [3.05, 3.63) is 54.1 Å². The number of benzene rings is 2. The van der Waals surface area contributed by atoms with Crippen molar-refractivity contribution in [2.24, 2.45) is 5.14 Å². The molecule has 0 fully saturated rings. The minimum absolute atomic E-state index is 0.0336. The lowest BCUT2D eigenvalue weighted by Gasteiger charge is -2.18. The summed E-state index contributed by atoms with van der Waals surface area (Å²) >= 11 is 0. The Balaban J connectivity index is 2.09. The highest BCUT2D eigenvalue weighted by Gasteiger charge is 2.12. The number of sulfonamides is 1. The Labute approximate surface area is 140 Å². The van der Waals surface area contributed by atoms with Crippen molar-refractivity contribution in [2.75, 3.05) is 17.3 Å². The number of nitrogens with two attached hydrogens (primary N) is 1. The summed E-state index contributed by atoms with van der Waals surface area (Å²) in [4.78, 5) is 24.8. The first kappa shape index (κ1) is 17.6. The van der Waals surface area contributed by atoms with Gasteiger partial charge < -0.3 is 5.32 Å². The van der Waals surface area contributed by atoms with Crippen LogP contribution in [0.2, 0.25) is 0 Å². The van der Waals surface area contributed by atoms with Crippen LogP contribution in [-0.4, -0.2) is 27.3 Å². The maximum atomic E-state index is 12.2. The number of primary sulfonamides is 1. The van der Waals surface area contributed by atoms with E-state index in [1.807, 2.05) is 0 Å². The highest BCUT2D eigenvalue weighted by Crippen LogP contribution is 2.17. The van der Waals surface area contributed by atoms with Crippen LogP contribution in [0, 0.1) is 0 Å². The van der Waals surface area contributed by atoms with E-state index in [-0.39, 0.29) is 10.7 Å². The first-order valence-electron chi connectivity index (χ1n) is 6.97. The first-order valence-corrected chi connectivity index (χ1v) is 8.51. The Morgan fingerprint density at radius 1 is 1.00 bits per heavy atom. The molecule has 2 aromatic carbocycles. The number of ketones is 1. The summed E-state index contributed by atoms with van der Waals surface area (Å²) in [5.41, 5.74) is 1.60. The third kappa shape index (κ3) is 4.18. The molecule has 0 unspecified atom stereocenters. The lowest BCUT2D eigenvalue weighted by Crippen LogP contribution is -2.31. The monoisotopic (exact) mass is 347 g/mol. The molecular formula is C16H17N3O4S. The fourth-order valence-corrected chi connectivity index (χ4v) is 2.49. The molecule has 0 aromatic heterocycles.